The Morgan fingerprint density at radius 1 is 1.30 bits per heavy atom. The van der Waals surface area contributed by atoms with Crippen molar-refractivity contribution in [1.29, 1.82) is 0 Å². The molecule has 0 saturated carbocycles. The lowest BCUT2D eigenvalue weighted by Crippen LogP contribution is -2.03. The van der Waals surface area contributed by atoms with Crippen LogP contribution >= 0.6 is 0 Å². The van der Waals surface area contributed by atoms with Crippen LogP contribution in [0.15, 0.2) is 24.3 Å². The lowest BCUT2D eigenvalue weighted by Gasteiger charge is -2.04. The Morgan fingerprint density at radius 3 is 2.60 bits per heavy atom. The van der Waals surface area contributed by atoms with Crippen molar-refractivity contribution in [3.05, 3.63) is 24.3 Å². The number of hydrogen-bond donors (Lipinski definition) is 0. The van der Waals surface area contributed by atoms with Gasteiger partial charge in [0.1, 0.15) is 0 Å². The third-order valence-corrected chi connectivity index (χ3v) is 1.49. The van der Waals surface area contributed by atoms with Crippen LogP contribution in [0.2, 0.25) is 0 Å². The Balaban J connectivity index is 2.03. The molecule has 0 aromatic heterocycles. The summed E-state index contributed by atoms with van der Waals surface area (Å²) in [5.41, 5.74) is 0. The summed E-state index contributed by atoms with van der Waals surface area (Å²) >= 11 is 0. The molecule has 0 unspecified atom stereocenters. The second-order valence-electron chi connectivity index (χ2n) is 2.51. The van der Waals surface area contributed by atoms with Crippen LogP contribution in [-0.4, -0.2) is 13.2 Å². The molecule has 10 heavy (non-hydrogen) atoms. The van der Waals surface area contributed by atoms with E-state index in [0.717, 1.165) is 19.6 Å². The van der Waals surface area contributed by atoms with Crippen LogP contribution in [0.4, 0.5) is 0 Å². The minimum atomic E-state index is 0.534. The minimum absolute atomic E-state index is 0.534. The average Bonchev–Trinajstić information content (AvgIpc) is 2.41. The fourth-order valence-corrected chi connectivity index (χ4v) is 0.953. The van der Waals surface area contributed by atoms with Crippen LogP contribution in [0.5, 0.6) is 0 Å². The molecule has 1 nitrogen and oxygen atoms in total. The molecule has 1 aliphatic rings. The van der Waals surface area contributed by atoms with Gasteiger partial charge < -0.3 is 4.74 Å². The van der Waals surface area contributed by atoms with E-state index < -0.39 is 0 Å². The van der Waals surface area contributed by atoms with E-state index in [0.29, 0.717) is 5.92 Å². The molecule has 0 spiro atoms. The normalized spacial score (nSPS) is 16.9. The van der Waals surface area contributed by atoms with Gasteiger partial charge in [0.2, 0.25) is 0 Å². The van der Waals surface area contributed by atoms with E-state index in [4.69, 9.17) is 4.74 Å². The van der Waals surface area contributed by atoms with Crippen LogP contribution in [0.25, 0.3) is 0 Å². The summed E-state index contributed by atoms with van der Waals surface area (Å²) in [5, 5.41) is 0. The number of hydrogen-bond acceptors (Lipinski definition) is 1. The number of ether oxygens (including phenoxy) is 1. The SMILES string of the molecule is CCCOCC1C=CC=C1. The van der Waals surface area contributed by atoms with Crippen molar-refractivity contribution < 1.29 is 4.74 Å². The van der Waals surface area contributed by atoms with Gasteiger partial charge in [0.15, 0.2) is 0 Å². The minimum Gasteiger partial charge on any atom is -0.381 e. The van der Waals surface area contributed by atoms with Gasteiger partial charge >= 0.3 is 0 Å². The summed E-state index contributed by atoms with van der Waals surface area (Å²) < 4.78 is 5.36. The van der Waals surface area contributed by atoms with Crippen molar-refractivity contribution in [3.8, 4) is 0 Å². The van der Waals surface area contributed by atoms with E-state index in [1.807, 2.05) is 0 Å². The molecule has 0 N–H and O–H groups in total. The summed E-state index contributed by atoms with van der Waals surface area (Å²) in [4.78, 5) is 0. The van der Waals surface area contributed by atoms with Crippen molar-refractivity contribution in [3.63, 3.8) is 0 Å². The maximum Gasteiger partial charge on any atom is 0.0563 e. The molecule has 1 heteroatoms. The first kappa shape index (κ1) is 7.55. The predicted molar refractivity (Wildman–Crippen MR) is 42.9 cm³/mol. The summed E-state index contributed by atoms with van der Waals surface area (Å²) in [6.45, 7) is 3.86. The van der Waals surface area contributed by atoms with E-state index in [-0.39, 0.29) is 0 Å². The van der Waals surface area contributed by atoms with E-state index in [2.05, 4.69) is 31.2 Å². The third-order valence-electron chi connectivity index (χ3n) is 1.49. The highest BCUT2D eigenvalue weighted by Crippen LogP contribution is 2.08. The second-order valence-corrected chi connectivity index (χ2v) is 2.51. The maximum absolute atomic E-state index is 5.36. The van der Waals surface area contributed by atoms with Gasteiger partial charge in [-0.2, -0.15) is 0 Å². The predicted octanol–water partition coefficient (Wildman–Crippen LogP) is 2.16. The van der Waals surface area contributed by atoms with Gasteiger partial charge in [-0.05, 0) is 6.42 Å². The van der Waals surface area contributed by atoms with Crippen LogP contribution in [0.1, 0.15) is 13.3 Å². The zero-order chi connectivity index (χ0) is 7.23. The highest BCUT2D eigenvalue weighted by molar-refractivity contribution is 5.17. The molecule has 0 bridgehead atoms. The molecule has 0 fully saturated rings. The first-order valence-corrected chi connectivity index (χ1v) is 3.86. The van der Waals surface area contributed by atoms with Gasteiger partial charge in [0.05, 0.1) is 6.61 Å². The second kappa shape index (κ2) is 4.29. The van der Waals surface area contributed by atoms with Gasteiger partial charge in [-0.1, -0.05) is 31.2 Å². The molecular weight excluding hydrogens is 124 g/mol. The Labute approximate surface area is 62.4 Å². The fourth-order valence-electron chi connectivity index (χ4n) is 0.953. The number of allylic oxidation sites excluding steroid dienone is 2. The molecule has 0 aliphatic heterocycles. The lowest BCUT2D eigenvalue weighted by atomic mass is 10.2. The maximum atomic E-state index is 5.36. The van der Waals surface area contributed by atoms with Crippen LogP contribution in [0.3, 0.4) is 0 Å². The first-order chi connectivity index (χ1) is 4.93. The molecule has 0 aromatic rings. The smallest absolute Gasteiger partial charge is 0.0563 e. The Hall–Kier alpha value is -0.560. The molecule has 56 valence electrons. The first-order valence-electron chi connectivity index (χ1n) is 3.86. The highest BCUT2D eigenvalue weighted by Gasteiger charge is 2.01. The average molecular weight is 138 g/mol. The van der Waals surface area contributed by atoms with Crippen molar-refractivity contribution in [2.24, 2.45) is 5.92 Å². The third kappa shape index (κ3) is 2.36. The van der Waals surface area contributed by atoms with Crippen molar-refractivity contribution >= 4 is 0 Å². The lowest BCUT2D eigenvalue weighted by molar-refractivity contribution is 0.124. The van der Waals surface area contributed by atoms with Crippen LogP contribution in [-0.2, 0) is 4.74 Å². The van der Waals surface area contributed by atoms with Gasteiger partial charge in [0, 0.05) is 12.5 Å². The van der Waals surface area contributed by atoms with E-state index in [1.165, 1.54) is 0 Å². The zero-order valence-corrected chi connectivity index (χ0v) is 6.42. The molecule has 1 rings (SSSR count). The van der Waals surface area contributed by atoms with Gasteiger partial charge in [-0.25, -0.2) is 0 Å². The Kier molecular flexibility index (Phi) is 3.23. The molecule has 0 amide bonds. The highest BCUT2D eigenvalue weighted by atomic mass is 16.5. The monoisotopic (exact) mass is 138 g/mol. The molecular formula is C9H14O. The fraction of sp³-hybridized carbons (Fsp3) is 0.556. The Bertz CT molecular complexity index is 124. The molecule has 0 saturated heterocycles. The topological polar surface area (TPSA) is 9.23 Å². The molecule has 1 aliphatic carbocycles. The van der Waals surface area contributed by atoms with E-state index >= 15 is 0 Å². The van der Waals surface area contributed by atoms with Crippen molar-refractivity contribution in [2.75, 3.05) is 13.2 Å². The molecule has 0 aromatic carbocycles. The zero-order valence-electron chi connectivity index (χ0n) is 6.42. The molecule has 0 radical (unpaired) electrons. The van der Waals surface area contributed by atoms with Crippen molar-refractivity contribution in [1.82, 2.24) is 0 Å². The van der Waals surface area contributed by atoms with E-state index in [9.17, 15) is 0 Å². The Morgan fingerprint density at radius 2 is 2.00 bits per heavy atom. The largest absolute Gasteiger partial charge is 0.381 e. The van der Waals surface area contributed by atoms with Crippen LogP contribution in [0, 0.1) is 5.92 Å². The van der Waals surface area contributed by atoms with Gasteiger partial charge in [-0.3, -0.25) is 0 Å². The quantitative estimate of drug-likeness (QED) is 0.541. The summed E-state index contributed by atoms with van der Waals surface area (Å²) in [5.74, 6) is 0.534. The summed E-state index contributed by atoms with van der Waals surface area (Å²) in [6.07, 6.45) is 9.57. The molecule has 0 atom stereocenters. The number of rotatable bonds is 4. The van der Waals surface area contributed by atoms with E-state index in [1.54, 1.807) is 0 Å². The summed E-state index contributed by atoms with van der Waals surface area (Å²) in [7, 11) is 0. The van der Waals surface area contributed by atoms with Gasteiger partial charge in [-0.15, -0.1) is 0 Å². The molecule has 0 heterocycles. The van der Waals surface area contributed by atoms with Crippen LogP contribution < -0.4 is 0 Å². The standard InChI is InChI=1S/C9H14O/c1-2-7-10-8-9-5-3-4-6-9/h3-6,9H,2,7-8H2,1H3. The van der Waals surface area contributed by atoms with Gasteiger partial charge in [0.25, 0.3) is 0 Å². The van der Waals surface area contributed by atoms with Crippen molar-refractivity contribution in [2.45, 2.75) is 13.3 Å². The summed E-state index contributed by atoms with van der Waals surface area (Å²) in [6, 6.07) is 0.